The number of rotatable bonds is 2. The van der Waals surface area contributed by atoms with Crippen LogP contribution in [0.3, 0.4) is 0 Å². The van der Waals surface area contributed by atoms with Crippen molar-refractivity contribution in [1.82, 2.24) is 0 Å². The van der Waals surface area contributed by atoms with E-state index in [0.29, 0.717) is 16.7 Å². The van der Waals surface area contributed by atoms with Crippen LogP contribution in [0.1, 0.15) is 40.1 Å². The van der Waals surface area contributed by atoms with Gasteiger partial charge < -0.3 is 0 Å². The van der Waals surface area contributed by atoms with Crippen LogP contribution in [0.25, 0.3) is 0 Å². The maximum Gasteiger partial charge on any atom is 0.161 e. The van der Waals surface area contributed by atoms with Crippen molar-refractivity contribution in [3.05, 3.63) is 34.9 Å². The average Bonchev–Trinajstić information content (AvgIpc) is 2.16. The van der Waals surface area contributed by atoms with E-state index in [1.54, 1.807) is 6.07 Å². The Bertz CT molecular complexity index is 441. The van der Waals surface area contributed by atoms with E-state index < -0.39 is 0 Å². The van der Waals surface area contributed by atoms with Gasteiger partial charge in [0.2, 0.25) is 0 Å². The molecule has 3 nitrogen and oxygen atoms in total. The summed E-state index contributed by atoms with van der Waals surface area (Å²) >= 11 is 0. The summed E-state index contributed by atoms with van der Waals surface area (Å²) in [5, 5.41) is 8.71. The Hall–Kier alpha value is -1.95. The Labute approximate surface area is 82.0 Å². The molecule has 0 bridgehead atoms. The van der Waals surface area contributed by atoms with Crippen LogP contribution >= 0.6 is 0 Å². The van der Waals surface area contributed by atoms with E-state index in [9.17, 15) is 9.59 Å². The molecule has 0 aromatic heterocycles. The fourth-order valence-electron chi connectivity index (χ4n) is 1.15. The molecule has 0 unspecified atom stereocenters. The number of carbonyl (C=O) groups excluding carboxylic acids is 2. The molecule has 0 heterocycles. The normalized spacial score (nSPS) is 9.21. The number of nitrogens with zero attached hydrogens (tertiary/aromatic N) is 1. The fraction of sp³-hybridized carbons (Fsp3) is 0.182. The minimum absolute atomic E-state index is 0.114. The van der Waals surface area contributed by atoms with Crippen LogP contribution in [0.5, 0.6) is 0 Å². The molecule has 0 spiro atoms. The number of nitriles is 1. The molecular weight excluding hydrogens is 178 g/mol. The Morgan fingerprint density at radius 3 is 2.29 bits per heavy atom. The molecule has 0 radical (unpaired) electrons. The SMILES string of the molecule is CC(=O)c1ccc(C#N)c(C(C)=O)c1. The van der Waals surface area contributed by atoms with E-state index >= 15 is 0 Å². The summed E-state index contributed by atoms with van der Waals surface area (Å²) in [6.45, 7) is 2.80. The number of hydrogen-bond acceptors (Lipinski definition) is 3. The third-order valence-electron chi connectivity index (χ3n) is 1.93. The van der Waals surface area contributed by atoms with Crippen molar-refractivity contribution in [3.8, 4) is 6.07 Å². The highest BCUT2D eigenvalue weighted by Crippen LogP contribution is 2.12. The molecule has 1 aromatic rings. The number of benzene rings is 1. The summed E-state index contributed by atoms with van der Waals surface area (Å²) in [5.41, 5.74) is 1.07. The van der Waals surface area contributed by atoms with Crippen molar-refractivity contribution < 1.29 is 9.59 Å². The molecule has 0 fully saturated rings. The van der Waals surface area contributed by atoms with Gasteiger partial charge in [0.1, 0.15) is 0 Å². The predicted octanol–water partition coefficient (Wildman–Crippen LogP) is 1.96. The molecule has 14 heavy (non-hydrogen) atoms. The zero-order valence-electron chi connectivity index (χ0n) is 8.00. The molecule has 0 N–H and O–H groups in total. The Morgan fingerprint density at radius 1 is 1.21 bits per heavy atom. The lowest BCUT2D eigenvalue weighted by Gasteiger charge is -2.01. The van der Waals surface area contributed by atoms with Crippen LogP contribution < -0.4 is 0 Å². The van der Waals surface area contributed by atoms with Gasteiger partial charge in [-0.25, -0.2) is 0 Å². The van der Waals surface area contributed by atoms with Gasteiger partial charge >= 0.3 is 0 Å². The molecule has 0 saturated carbocycles. The van der Waals surface area contributed by atoms with Crippen LogP contribution in [0.15, 0.2) is 18.2 Å². The number of ketones is 2. The molecule has 0 aliphatic carbocycles. The number of carbonyl (C=O) groups is 2. The molecule has 0 aliphatic rings. The lowest BCUT2D eigenvalue weighted by molar-refractivity contribution is 0.101. The molecule has 0 aliphatic heterocycles. The summed E-state index contributed by atoms with van der Waals surface area (Å²) in [6, 6.07) is 6.41. The Kier molecular flexibility index (Phi) is 2.78. The predicted molar refractivity (Wildman–Crippen MR) is 51.2 cm³/mol. The first-order valence-electron chi connectivity index (χ1n) is 4.12. The largest absolute Gasteiger partial charge is 0.295 e. The van der Waals surface area contributed by atoms with Crippen molar-refractivity contribution in [3.63, 3.8) is 0 Å². The molecule has 0 amide bonds. The van der Waals surface area contributed by atoms with E-state index in [1.807, 2.05) is 6.07 Å². The molecule has 1 rings (SSSR count). The second kappa shape index (κ2) is 3.84. The average molecular weight is 187 g/mol. The first kappa shape index (κ1) is 10.1. The van der Waals surface area contributed by atoms with Crippen LogP contribution in [0.2, 0.25) is 0 Å². The van der Waals surface area contributed by atoms with Crippen LogP contribution in [0, 0.1) is 11.3 Å². The molecule has 0 saturated heterocycles. The minimum Gasteiger partial charge on any atom is -0.295 e. The van der Waals surface area contributed by atoms with Gasteiger partial charge in [0.25, 0.3) is 0 Å². The first-order chi connectivity index (χ1) is 6.56. The van der Waals surface area contributed by atoms with Crippen molar-refractivity contribution >= 4 is 11.6 Å². The maximum absolute atomic E-state index is 11.1. The van der Waals surface area contributed by atoms with Crippen molar-refractivity contribution in [2.24, 2.45) is 0 Å². The van der Waals surface area contributed by atoms with Crippen molar-refractivity contribution in [1.29, 1.82) is 5.26 Å². The molecule has 0 atom stereocenters. The fourth-order valence-corrected chi connectivity index (χ4v) is 1.15. The zero-order chi connectivity index (χ0) is 10.7. The van der Waals surface area contributed by atoms with Gasteiger partial charge in [-0.3, -0.25) is 9.59 Å². The number of Topliss-reactive ketones (excluding diaryl/α,β-unsaturated/α-hetero) is 2. The quantitative estimate of drug-likeness (QED) is 0.665. The highest BCUT2D eigenvalue weighted by molar-refractivity contribution is 6.01. The second-order valence-electron chi connectivity index (χ2n) is 2.98. The summed E-state index contributed by atoms with van der Waals surface area (Å²) in [4.78, 5) is 22.2. The zero-order valence-corrected chi connectivity index (χ0v) is 8.00. The lowest BCUT2D eigenvalue weighted by atomic mass is 10.0. The van der Waals surface area contributed by atoms with E-state index in [2.05, 4.69) is 0 Å². The summed E-state index contributed by atoms with van der Waals surface area (Å²) in [5.74, 6) is -0.318. The van der Waals surface area contributed by atoms with Gasteiger partial charge in [-0.2, -0.15) is 5.26 Å². The van der Waals surface area contributed by atoms with E-state index in [4.69, 9.17) is 5.26 Å². The van der Waals surface area contributed by atoms with Gasteiger partial charge in [0, 0.05) is 11.1 Å². The van der Waals surface area contributed by atoms with E-state index in [0.717, 1.165) is 0 Å². The second-order valence-corrected chi connectivity index (χ2v) is 2.98. The topological polar surface area (TPSA) is 57.9 Å². The monoisotopic (exact) mass is 187 g/mol. The highest BCUT2D eigenvalue weighted by Gasteiger charge is 2.09. The van der Waals surface area contributed by atoms with E-state index in [1.165, 1.54) is 26.0 Å². The summed E-state index contributed by atoms with van der Waals surface area (Å²) in [6.07, 6.45) is 0. The summed E-state index contributed by atoms with van der Waals surface area (Å²) in [7, 11) is 0. The minimum atomic E-state index is -0.204. The molecule has 3 heteroatoms. The molecule has 70 valence electrons. The van der Waals surface area contributed by atoms with Gasteiger partial charge in [-0.15, -0.1) is 0 Å². The lowest BCUT2D eigenvalue weighted by Crippen LogP contribution is -2.01. The Morgan fingerprint density at radius 2 is 1.86 bits per heavy atom. The van der Waals surface area contributed by atoms with Crippen molar-refractivity contribution in [2.75, 3.05) is 0 Å². The first-order valence-corrected chi connectivity index (χ1v) is 4.12. The smallest absolute Gasteiger partial charge is 0.161 e. The molecular formula is C11H9NO2. The van der Waals surface area contributed by atoms with Gasteiger partial charge in [-0.05, 0) is 26.0 Å². The standard InChI is InChI=1S/C11H9NO2/c1-7(13)9-3-4-10(6-12)11(5-9)8(2)14/h3-5H,1-2H3. The molecule has 1 aromatic carbocycles. The van der Waals surface area contributed by atoms with Crippen LogP contribution in [0.4, 0.5) is 0 Å². The highest BCUT2D eigenvalue weighted by atomic mass is 16.1. The number of hydrogen-bond donors (Lipinski definition) is 0. The van der Waals surface area contributed by atoms with Gasteiger partial charge in [0.05, 0.1) is 11.6 Å². The van der Waals surface area contributed by atoms with E-state index in [-0.39, 0.29) is 11.6 Å². The van der Waals surface area contributed by atoms with Crippen LogP contribution in [-0.2, 0) is 0 Å². The third kappa shape index (κ3) is 1.86. The van der Waals surface area contributed by atoms with Gasteiger partial charge in [-0.1, -0.05) is 6.07 Å². The summed E-state index contributed by atoms with van der Waals surface area (Å²) < 4.78 is 0. The van der Waals surface area contributed by atoms with Crippen LogP contribution in [-0.4, -0.2) is 11.6 Å². The van der Waals surface area contributed by atoms with Gasteiger partial charge in [0.15, 0.2) is 11.6 Å². The Balaban J connectivity index is 3.37. The third-order valence-corrected chi connectivity index (χ3v) is 1.93. The maximum atomic E-state index is 11.1. The van der Waals surface area contributed by atoms with Crippen molar-refractivity contribution in [2.45, 2.75) is 13.8 Å².